The predicted octanol–water partition coefficient (Wildman–Crippen LogP) is 3.74. The molecule has 3 aliphatic heterocycles. The third-order valence-electron chi connectivity index (χ3n) is 7.53. The molecule has 5 rings (SSSR count). The van der Waals surface area contributed by atoms with Crippen LogP contribution < -0.4 is 5.32 Å². The molecule has 1 saturated carbocycles. The molecular formula is C24H35N3O3. The maximum Gasteiger partial charge on any atom is 0.317 e. The minimum atomic E-state index is -0.250. The molecule has 0 unspecified atom stereocenters. The lowest BCUT2D eigenvalue weighted by Crippen LogP contribution is -2.63. The third-order valence-corrected chi connectivity index (χ3v) is 7.53. The first kappa shape index (κ1) is 21.2. The van der Waals surface area contributed by atoms with E-state index in [1.165, 1.54) is 50.6 Å². The fraction of sp³-hybridized carbons (Fsp3) is 0.667. The Morgan fingerprint density at radius 2 is 1.73 bits per heavy atom. The summed E-state index contributed by atoms with van der Waals surface area (Å²) in [5, 5.41) is 10.1. The van der Waals surface area contributed by atoms with E-state index in [4.69, 9.17) is 9.90 Å². The van der Waals surface area contributed by atoms with Crippen LogP contribution in [0.2, 0.25) is 0 Å². The van der Waals surface area contributed by atoms with Gasteiger partial charge in [-0.05, 0) is 62.3 Å². The van der Waals surface area contributed by atoms with Gasteiger partial charge in [-0.2, -0.15) is 0 Å². The van der Waals surface area contributed by atoms with Crippen LogP contribution in [0.25, 0.3) is 0 Å². The third kappa shape index (κ3) is 4.64. The molecule has 30 heavy (non-hydrogen) atoms. The lowest BCUT2D eigenvalue weighted by atomic mass is 9.74. The van der Waals surface area contributed by atoms with Crippen LogP contribution in [0.5, 0.6) is 0 Å². The standard InChI is InChI=1S/C23H33N3O.CH2O2/c1-16(18-6-3-2-4-7-18)24-23(27)25-13-17-12-20(15-25)22-9-5-8-21(19-10-11-19)26(22)14-17;2-1-3/h2-4,6-7,16-17,19-22H,5,8-15H2,1H3,(H,24,27);1H,(H,2,3)/t16-,17+,20-,21-,22+;/m1./s1. The predicted molar refractivity (Wildman–Crippen MR) is 116 cm³/mol. The van der Waals surface area contributed by atoms with Gasteiger partial charge in [-0.3, -0.25) is 9.69 Å². The summed E-state index contributed by atoms with van der Waals surface area (Å²) in [5.41, 5.74) is 1.17. The van der Waals surface area contributed by atoms with Gasteiger partial charge in [0.15, 0.2) is 0 Å². The Bertz CT molecular complexity index is 724. The zero-order valence-corrected chi connectivity index (χ0v) is 18.0. The zero-order valence-electron chi connectivity index (χ0n) is 18.0. The molecule has 4 fully saturated rings. The Morgan fingerprint density at radius 1 is 1.07 bits per heavy atom. The minimum absolute atomic E-state index is 0.0610. The number of nitrogens with zero attached hydrogens (tertiary/aromatic N) is 2. The van der Waals surface area contributed by atoms with Gasteiger partial charge in [-0.25, -0.2) is 4.79 Å². The van der Waals surface area contributed by atoms with E-state index < -0.39 is 0 Å². The van der Waals surface area contributed by atoms with Gasteiger partial charge in [0.25, 0.3) is 6.47 Å². The molecule has 164 valence electrons. The highest BCUT2D eigenvalue weighted by atomic mass is 16.3. The summed E-state index contributed by atoms with van der Waals surface area (Å²) in [7, 11) is 0. The van der Waals surface area contributed by atoms with Crippen molar-refractivity contribution in [2.75, 3.05) is 19.6 Å². The molecule has 1 aliphatic carbocycles. The van der Waals surface area contributed by atoms with Crippen LogP contribution in [-0.4, -0.2) is 59.1 Å². The zero-order chi connectivity index (χ0) is 21.1. The second-order valence-electron chi connectivity index (χ2n) is 9.55. The van der Waals surface area contributed by atoms with Crippen molar-refractivity contribution in [1.29, 1.82) is 0 Å². The highest BCUT2D eigenvalue weighted by molar-refractivity contribution is 5.75. The Hall–Kier alpha value is -2.08. The first-order chi connectivity index (χ1) is 14.6. The molecule has 3 saturated heterocycles. The second kappa shape index (κ2) is 9.38. The number of fused-ring (bicyclic) bond motifs is 4. The number of carboxylic acid groups (broad SMARTS) is 1. The number of piperidine rings is 3. The van der Waals surface area contributed by atoms with Crippen LogP contribution in [0.4, 0.5) is 4.79 Å². The van der Waals surface area contributed by atoms with E-state index in [1.54, 1.807) is 0 Å². The van der Waals surface area contributed by atoms with Gasteiger partial charge in [0.1, 0.15) is 0 Å². The van der Waals surface area contributed by atoms with Crippen molar-refractivity contribution in [1.82, 2.24) is 15.1 Å². The molecule has 2 bridgehead atoms. The smallest absolute Gasteiger partial charge is 0.317 e. The van der Waals surface area contributed by atoms with Gasteiger partial charge in [0.05, 0.1) is 6.04 Å². The van der Waals surface area contributed by atoms with Crippen LogP contribution >= 0.6 is 0 Å². The first-order valence-electron chi connectivity index (χ1n) is 11.5. The molecule has 2 N–H and O–H groups in total. The molecule has 0 spiro atoms. The highest BCUT2D eigenvalue weighted by Gasteiger charge is 2.48. The van der Waals surface area contributed by atoms with Crippen molar-refractivity contribution >= 4 is 12.5 Å². The molecule has 1 aromatic rings. The maximum atomic E-state index is 13.0. The molecule has 0 aromatic heterocycles. The lowest BCUT2D eigenvalue weighted by molar-refractivity contribution is -0.122. The number of amides is 2. The SMILES string of the molecule is C[C@@H](NC(=O)N1C[C@@H]2C[C@H](C1)[C@@H]1CCC[C@H](C3CC3)N1C2)c1ccccc1.O=CO. The van der Waals surface area contributed by atoms with E-state index in [-0.39, 0.29) is 18.5 Å². The monoisotopic (exact) mass is 413 g/mol. The number of carbonyl (C=O) groups excluding carboxylic acids is 1. The fourth-order valence-electron chi connectivity index (χ4n) is 6.10. The Labute approximate surface area is 179 Å². The van der Waals surface area contributed by atoms with Gasteiger partial charge >= 0.3 is 6.03 Å². The number of hydrogen-bond acceptors (Lipinski definition) is 3. The Kier molecular flexibility index (Phi) is 6.61. The van der Waals surface area contributed by atoms with E-state index in [9.17, 15) is 4.79 Å². The number of rotatable bonds is 3. The summed E-state index contributed by atoms with van der Waals surface area (Å²) in [5.74, 6) is 2.33. The number of nitrogens with one attached hydrogen (secondary N) is 1. The molecule has 3 heterocycles. The maximum absolute atomic E-state index is 13.0. The van der Waals surface area contributed by atoms with Crippen molar-refractivity contribution < 1.29 is 14.7 Å². The molecule has 0 radical (unpaired) electrons. The number of carbonyl (C=O) groups is 2. The van der Waals surface area contributed by atoms with Gasteiger partial charge in [-0.1, -0.05) is 36.8 Å². The average Bonchev–Trinajstić information content (AvgIpc) is 3.60. The van der Waals surface area contributed by atoms with Crippen LogP contribution in [-0.2, 0) is 4.79 Å². The van der Waals surface area contributed by atoms with Gasteiger partial charge in [-0.15, -0.1) is 0 Å². The molecular weight excluding hydrogens is 378 g/mol. The number of likely N-dealkylation sites (tertiary alicyclic amines) is 1. The van der Waals surface area contributed by atoms with Gasteiger partial charge < -0.3 is 15.3 Å². The van der Waals surface area contributed by atoms with E-state index in [0.717, 1.165) is 31.1 Å². The average molecular weight is 414 g/mol. The van der Waals surface area contributed by atoms with E-state index in [0.29, 0.717) is 11.8 Å². The highest BCUT2D eigenvalue weighted by Crippen LogP contribution is 2.46. The molecule has 2 amide bonds. The molecule has 1 aromatic carbocycles. The van der Waals surface area contributed by atoms with Crippen LogP contribution in [0.15, 0.2) is 30.3 Å². The number of benzene rings is 1. The molecule has 4 aliphatic rings. The van der Waals surface area contributed by atoms with Crippen molar-refractivity contribution in [3.8, 4) is 0 Å². The van der Waals surface area contributed by atoms with Crippen molar-refractivity contribution in [2.24, 2.45) is 17.8 Å². The number of hydrogen-bond donors (Lipinski definition) is 2. The summed E-state index contributed by atoms with van der Waals surface area (Å²) < 4.78 is 0. The van der Waals surface area contributed by atoms with Gasteiger partial charge in [0, 0.05) is 31.7 Å². The summed E-state index contributed by atoms with van der Waals surface area (Å²) in [6, 6.07) is 12.1. The molecule has 6 heteroatoms. The summed E-state index contributed by atoms with van der Waals surface area (Å²) >= 11 is 0. The largest absolute Gasteiger partial charge is 0.483 e. The van der Waals surface area contributed by atoms with Gasteiger partial charge in [0.2, 0.25) is 0 Å². The first-order valence-corrected chi connectivity index (χ1v) is 11.5. The quantitative estimate of drug-likeness (QED) is 0.741. The second-order valence-corrected chi connectivity index (χ2v) is 9.55. The van der Waals surface area contributed by atoms with E-state index in [2.05, 4.69) is 34.2 Å². The summed E-state index contributed by atoms with van der Waals surface area (Å²) in [6.07, 6.45) is 8.39. The minimum Gasteiger partial charge on any atom is -0.483 e. The Morgan fingerprint density at radius 3 is 2.40 bits per heavy atom. The normalized spacial score (nSPS) is 31.6. The number of urea groups is 1. The van der Waals surface area contributed by atoms with Crippen molar-refractivity contribution in [2.45, 2.75) is 63.6 Å². The van der Waals surface area contributed by atoms with Crippen LogP contribution in [0.3, 0.4) is 0 Å². The summed E-state index contributed by atoms with van der Waals surface area (Å²) in [6.45, 7) is 4.94. The van der Waals surface area contributed by atoms with Crippen molar-refractivity contribution in [3.63, 3.8) is 0 Å². The fourth-order valence-corrected chi connectivity index (χ4v) is 6.10. The molecule has 6 nitrogen and oxygen atoms in total. The van der Waals surface area contributed by atoms with Crippen LogP contribution in [0, 0.1) is 17.8 Å². The van der Waals surface area contributed by atoms with Crippen molar-refractivity contribution in [3.05, 3.63) is 35.9 Å². The lowest BCUT2D eigenvalue weighted by Gasteiger charge is -2.55. The molecule has 5 atom stereocenters. The summed E-state index contributed by atoms with van der Waals surface area (Å²) in [4.78, 5) is 26.3. The topological polar surface area (TPSA) is 72.9 Å². The van der Waals surface area contributed by atoms with Crippen LogP contribution in [0.1, 0.15) is 57.1 Å². The van der Waals surface area contributed by atoms with E-state index in [1.807, 2.05) is 18.2 Å². The van der Waals surface area contributed by atoms with E-state index >= 15 is 0 Å². The Balaban J connectivity index is 0.000000687.